The van der Waals surface area contributed by atoms with Crippen molar-refractivity contribution in [3.63, 3.8) is 0 Å². The summed E-state index contributed by atoms with van der Waals surface area (Å²) in [7, 11) is 1.60. The van der Waals surface area contributed by atoms with Gasteiger partial charge in [-0.2, -0.15) is 0 Å². The van der Waals surface area contributed by atoms with E-state index >= 15 is 0 Å². The standard InChI is InChI=1S/C33H37NO5/c1-22-8-6-9-23(20-22)21-39-27-16-12-25(13-17-27)30(35)28-29(24-10-14-26(15-11-24)33(2,3)4)34(18-7-19-38-5)32(37)31(28)36/h6,8-17,20,29,35H,7,18-19,21H2,1-5H3/b30-28+/t29-/m0/s1. The zero-order valence-electron chi connectivity index (χ0n) is 23.4. The normalized spacial score (nSPS) is 17.1. The molecule has 0 spiro atoms. The summed E-state index contributed by atoms with van der Waals surface area (Å²) in [5, 5.41) is 11.4. The first-order valence-electron chi connectivity index (χ1n) is 13.3. The number of ether oxygens (including phenoxy) is 2. The molecule has 0 radical (unpaired) electrons. The summed E-state index contributed by atoms with van der Waals surface area (Å²) in [5.74, 6) is -0.856. The molecule has 3 aromatic carbocycles. The van der Waals surface area contributed by atoms with Crippen LogP contribution in [-0.4, -0.2) is 42.0 Å². The molecule has 1 amide bonds. The maximum absolute atomic E-state index is 13.3. The van der Waals surface area contributed by atoms with Crippen molar-refractivity contribution in [3.8, 4) is 5.75 Å². The largest absolute Gasteiger partial charge is 0.507 e. The number of ketones is 1. The molecule has 0 saturated carbocycles. The molecule has 1 aliphatic rings. The first-order chi connectivity index (χ1) is 18.6. The third-order valence-electron chi connectivity index (χ3n) is 7.00. The number of carbonyl (C=O) groups is 2. The van der Waals surface area contributed by atoms with Crippen molar-refractivity contribution in [3.05, 3.63) is 106 Å². The van der Waals surface area contributed by atoms with Crippen LogP contribution in [0.25, 0.3) is 5.76 Å². The van der Waals surface area contributed by atoms with Crippen molar-refractivity contribution >= 4 is 17.4 Å². The minimum atomic E-state index is -0.687. The van der Waals surface area contributed by atoms with Crippen LogP contribution >= 0.6 is 0 Å². The van der Waals surface area contributed by atoms with Crippen LogP contribution in [0.15, 0.2) is 78.4 Å². The fourth-order valence-electron chi connectivity index (χ4n) is 4.83. The predicted molar refractivity (Wildman–Crippen MR) is 153 cm³/mol. The van der Waals surface area contributed by atoms with E-state index in [1.165, 1.54) is 0 Å². The molecule has 0 bridgehead atoms. The van der Waals surface area contributed by atoms with Crippen molar-refractivity contribution < 1.29 is 24.2 Å². The number of aliphatic hydroxyl groups is 1. The number of hydrogen-bond donors (Lipinski definition) is 1. The molecule has 6 nitrogen and oxygen atoms in total. The molecule has 4 rings (SSSR count). The number of hydrogen-bond acceptors (Lipinski definition) is 5. The van der Waals surface area contributed by atoms with Gasteiger partial charge in [0.15, 0.2) is 0 Å². The second-order valence-electron chi connectivity index (χ2n) is 11.0. The fourth-order valence-corrected chi connectivity index (χ4v) is 4.83. The maximum atomic E-state index is 13.3. The van der Waals surface area contributed by atoms with E-state index < -0.39 is 17.7 Å². The van der Waals surface area contributed by atoms with Crippen LogP contribution in [0.2, 0.25) is 0 Å². The zero-order chi connectivity index (χ0) is 28.2. The van der Waals surface area contributed by atoms with Gasteiger partial charge in [0.2, 0.25) is 0 Å². The molecule has 1 saturated heterocycles. The van der Waals surface area contributed by atoms with Crippen molar-refractivity contribution in [1.82, 2.24) is 4.90 Å². The van der Waals surface area contributed by atoms with Gasteiger partial charge in [0.25, 0.3) is 11.7 Å². The maximum Gasteiger partial charge on any atom is 0.295 e. The summed E-state index contributed by atoms with van der Waals surface area (Å²) in [6.45, 7) is 9.65. The number of rotatable bonds is 9. The van der Waals surface area contributed by atoms with Crippen LogP contribution in [0.5, 0.6) is 5.75 Å². The van der Waals surface area contributed by atoms with Crippen molar-refractivity contribution in [2.45, 2.75) is 52.2 Å². The molecular formula is C33H37NO5. The van der Waals surface area contributed by atoms with Gasteiger partial charge in [-0.15, -0.1) is 0 Å². The van der Waals surface area contributed by atoms with Crippen LogP contribution in [0.4, 0.5) is 0 Å². The van der Waals surface area contributed by atoms with Gasteiger partial charge >= 0.3 is 0 Å². The van der Waals surface area contributed by atoms with Gasteiger partial charge in [0.05, 0.1) is 11.6 Å². The number of likely N-dealkylation sites (tertiary alicyclic amines) is 1. The highest BCUT2D eigenvalue weighted by atomic mass is 16.5. The highest BCUT2D eigenvalue weighted by molar-refractivity contribution is 6.46. The van der Waals surface area contributed by atoms with Crippen LogP contribution in [-0.2, 0) is 26.3 Å². The highest BCUT2D eigenvalue weighted by Gasteiger charge is 2.45. The Balaban J connectivity index is 1.65. The predicted octanol–water partition coefficient (Wildman–Crippen LogP) is 6.33. The van der Waals surface area contributed by atoms with Gasteiger partial charge in [-0.3, -0.25) is 9.59 Å². The molecular weight excluding hydrogens is 490 g/mol. The SMILES string of the molecule is COCCCN1C(=O)C(=O)/C(=C(/O)c2ccc(OCc3cccc(C)c3)cc2)[C@@H]1c1ccc(C(C)(C)C)cc1. The Morgan fingerprint density at radius 2 is 1.67 bits per heavy atom. The molecule has 0 unspecified atom stereocenters. The highest BCUT2D eigenvalue weighted by Crippen LogP contribution is 2.40. The van der Waals surface area contributed by atoms with E-state index in [0.717, 1.165) is 22.3 Å². The number of carbonyl (C=O) groups excluding carboxylic acids is 2. The van der Waals surface area contributed by atoms with Crippen LogP contribution in [0.1, 0.15) is 61.1 Å². The second-order valence-corrected chi connectivity index (χ2v) is 11.0. The second kappa shape index (κ2) is 11.9. The van der Waals surface area contributed by atoms with Crippen LogP contribution in [0, 0.1) is 6.92 Å². The Bertz CT molecular complexity index is 1350. The molecule has 1 fully saturated rings. The fraction of sp³-hybridized carbons (Fsp3) is 0.333. The van der Waals surface area contributed by atoms with E-state index in [4.69, 9.17) is 9.47 Å². The number of aliphatic hydroxyl groups excluding tert-OH is 1. The van der Waals surface area contributed by atoms with E-state index in [1.807, 2.05) is 49.4 Å². The van der Waals surface area contributed by atoms with Crippen LogP contribution < -0.4 is 4.74 Å². The van der Waals surface area contributed by atoms with E-state index in [-0.39, 0.29) is 16.7 Å². The molecule has 0 aromatic heterocycles. The van der Waals surface area contributed by atoms with Gasteiger partial charge in [-0.1, -0.05) is 74.9 Å². The number of benzene rings is 3. The molecule has 1 atom stereocenters. The number of aryl methyl sites for hydroxylation is 1. The zero-order valence-corrected chi connectivity index (χ0v) is 23.4. The third-order valence-corrected chi connectivity index (χ3v) is 7.00. The molecule has 1 aliphatic heterocycles. The Morgan fingerprint density at radius 1 is 0.974 bits per heavy atom. The lowest BCUT2D eigenvalue weighted by Gasteiger charge is -2.26. The molecule has 204 valence electrons. The molecule has 0 aliphatic carbocycles. The minimum Gasteiger partial charge on any atom is -0.507 e. The average molecular weight is 528 g/mol. The van der Waals surface area contributed by atoms with E-state index in [9.17, 15) is 14.7 Å². The molecule has 3 aromatic rings. The van der Waals surface area contributed by atoms with E-state index in [0.29, 0.717) is 37.5 Å². The Labute approximate surface area is 230 Å². The van der Waals surface area contributed by atoms with Crippen molar-refractivity contribution in [2.75, 3.05) is 20.3 Å². The van der Waals surface area contributed by atoms with Crippen molar-refractivity contribution in [2.24, 2.45) is 0 Å². The third kappa shape index (κ3) is 6.40. The number of methoxy groups -OCH3 is 1. The summed E-state index contributed by atoms with van der Waals surface area (Å²) < 4.78 is 11.1. The Hall–Kier alpha value is -3.90. The molecule has 1 heterocycles. The van der Waals surface area contributed by atoms with Crippen molar-refractivity contribution in [1.29, 1.82) is 0 Å². The van der Waals surface area contributed by atoms with Gasteiger partial charge in [0.1, 0.15) is 18.1 Å². The lowest BCUT2D eigenvalue weighted by molar-refractivity contribution is -0.140. The minimum absolute atomic E-state index is 0.0397. The molecule has 1 N–H and O–H groups in total. The summed E-state index contributed by atoms with van der Waals surface area (Å²) in [5.41, 5.74) is 4.65. The summed E-state index contributed by atoms with van der Waals surface area (Å²) in [6, 6.07) is 22.3. The first kappa shape index (κ1) is 28.1. The first-order valence-corrected chi connectivity index (χ1v) is 13.3. The van der Waals surface area contributed by atoms with Crippen LogP contribution in [0.3, 0.4) is 0 Å². The molecule has 39 heavy (non-hydrogen) atoms. The molecule has 6 heteroatoms. The monoisotopic (exact) mass is 527 g/mol. The van der Waals surface area contributed by atoms with Gasteiger partial charge in [-0.05, 0) is 59.7 Å². The number of amides is 1. The lowest BCUT2D eigenvalue weighted by atomic mass is 9.85. The van der Waals surface area contributed by atoms with E-state index in [2.05, 4.69) is 26.8 Å². The smallest absolute Gasteiger partial charge is 0.295 e. The quantitative estimate of drug-likeness (QED) is 0.152. The Morgan fingerprint density at radius 3 is 2.28 bits per heavy atom. The average Bonchev–Trinajstić information content (AvgIpc) is 3.16. The number of Topliss-reactive ketones (excluding diaryl/α,β-unsaturated/α-hetero) is 1. The summed E-state index contributed by atoms with van der Waals surface area (Å²) in [6.07, 6.45) is 0.576. The van der Waals surface area contributed by atoms with Gasteiger partial charge in [0, 0.05) is 25.8 Å². The van der Waals surface area contributed by atoms with Gasteiger partial charge < -0.3 is 19.5 Å². The summed E-state index contributed by atoms with van der Waals surface area (Å²) in [4.78, 5) is 27.9. The lowest BCUT2D eigenvalue weighted by Crippen LogP contribution is -2.31. The summed E-state index contributed by atoms with van der Waals surface area (Å²) >= 11 is 0. The van der Waals surface area contributed by atoms with Gasteiger partial charge in [-0.25, -0.2) is 0 Å². The van der Waals surface area contributed by atoms with E-state index in [1.54, 1.807) is 36.3 Å². The Kier molecular flexibility index (Phi) is 8.56. The topological polar surface area (TPSA) is 76.1 Å². The number of nitrogens with zero attached hydrogens (tertiary/aromatic N) is 1.